The predicted molar refractivity (Wildman–Crippen MR) is 63.9 cm³/mol. The third kappa shape index (κ3) is 3.17. The molecule has 1 aromatic rings. The average molecular weight is 258 g/mol. The predicted octanol–water partition coefficient (Wildman–Crippen LogP) is 3.24. The van der Waals surface area contributed by atoms with Gasteiger partial charge < -0.3 is 4.74 Å². The van der Waals surface area contributed by atoms with E-state index in [4.69, 9.17) is 16.3 Å². The lowest BCUT2D eigenvalue weighted by Crippen LogP contribution is -2.08. The number of nitro benzene ring substituents is 1. The van der Waals surface area contributed by atoms with Gasteiger partial charge in [-0.25, -0.2) is 0 Å². The standard InChI is InChI=1S/C11H12ClNO4/c1-6(2)17-11-4-8(7(3)14)10(13(15)16)5-9(11)12/h4-6H,1-3H3. The quantitative estimate of drug-likeness (QED) is 0.472. The number of Topliss-reactive ketones (excluding diaryl/α,β-unsaturated/α-hetero) is 1. The first-order chi connectivity index (χ1) is 7.82. The van der Waals surface area contributed by atoms with E-state index in [-0.39, 0.29) is 28.1 Å². The first-order valence-electron chi connectivity index (χ1n) is 4.98. The first-order valence-corrected chi connectivity index (χ1v) is 5.36. The number of ether oxygens (including phenoxy) is 1. The molecule has 0 bridgehead atoms. The number of benzene rings is 1. The fourth-order valence-electron chi connectivity index (χ4n) is 1.32. The number of halogens is 1. The summed E-state index contributed by atoms with van der Waals surface area (Å²) in [4.78, 5) is 21.4. The average Bonchev–Trinajstić information content (AvgIpc) is 2.19. The summed E-state index contributed by atoms with van der Waals surface area (Å²) in [6, 6.07) is 2.44. The van der Waals surface area contributed by atoms with Crippen molar-refractivity contribution in [3.8, 4) is 5.75 Å². The van der Waals surface area contributed by atoms with E-state index in [0.29, 0.717) is 0 Å². The molecule has 0 heterocycles. The van der Waals surface area contributed by atoms with Crippen molar-refractivity contribution in [2.75, 3.05) is 0 Å². The molecule has 0 aliphatic rings. The van der Waals surface area contributed by atoms with E-state index in [0.717, 1.165) is 6.07 Å². The van der Waals surface area contributed by atoms with E-state index in [1.165, 1.54) is 13.0 Å². The number of nitrogens with zero attached hydrogens (tertiary/aromatic N) is 1. The highest BCUT2D eigenvalue weighted by atomic mass is 35.5. The lowest BCUT2D eigenvalue weighted by atomic mass is 10.1. The summed E-state index contributed by atoms with van der Waals surface area (Å²) in [5.41, 5.74) is -0.311. The van der Waals surface area contributed by atoms with Gasteiger partial charge in [0, 0.05) is 6.07 Å². The summed E-state index contributed by atoms with van der Waals surface area (Å²) in [6.45, 7) is 4.85. The Kier molecular flexibility index (Phi) is 4.07. The van der Waals surface area contributed by atoms with Crippen LogP contribution in [0.5, 0.6) is 5.75 Å². The van der Waals surface area contributed by atoms with Crippen LogP contribution < -0.4 is 4.74 Å². The van der Waals surface area contributed by atoms with Crippen molar-refractivity contribution in [2.45, 2.75) is 26.9 Å². The van der Waals surface area contributed by atoms with Gasteiger partial charge in [-0.05, 0) is 26.8 Å². The van der Waals surface area contributed by atoms with Crippen molar-refractivity contribution in [1.82, 2.24) is 0 Å². The van der Waals surface area contributed by atoms with Gasteiger partial charge in [0.2, 0.25) is 0 Å². The summed E-state index contributed by atoms with van der Waals surface area (Å²) in [6.07, 6.45) is -0.131. The Morgan fingerprint density at radius 3 is 2.47 bits per heavy atom. The highest BCUT2D eigenvalue weighted by molar-refractivity contribution is 6.32. The SMILES string of the molecule is CC(=O)c1cc(OC(C)C)c(Cl)cc1[N+](=O)[O-]. The number of carbonyl (C=O) groups excluding carboxylic acids is 1. The molecule has 6 heteroatoms. The molecule has 92 valence electrons. The minimum atomic E-state index is -0.637. The fourth-order valence-corrected chi connectivity index (χ4v) is 1.52. The Balaban J connectivity index is 3.34. The second-order valence-corrected chi connectivity index (χ2v) is 4.19. The number of carbonyl (C=O) groups is 1. The van der Waals surface area contributed by atoms with E-state index in [1.54, 1.807) is 13.8 Å². The van der Waals surface area contributed by atoms with Gasteiger partial charge >= 0.3 is 0 Å². The molecule has 1 rings (SSSR count). The maximum atomic E-state index is 11.3. The van der Waals surface area contributed by atoms with Crippen LogP contribution >= 0.6 is 11.6 Å². The molecular weight excluding hydrogens is 246 g/mol. The lowest BCUT2D eigenvalue weighted by Gasteiger charge is -2.12. The van der Waals surface area contributed by atoms with Gasteiger partial charge in [-0.3, -0.25) is 14.9 Å². The van der Waals surface area contributed by atoms with E-state index in [1.807, 2.05) is 0 Å². The number of hydrogen-bond acceptors (Lipinski definition) is 4. The Labute approximate surface area is 103 Å². The Morgan fingerprint density at radius 2 is 2.06 bits per heavy atom. The second kappa shape index (κ2) is 5.14. The van der Waals surface area contributed by atoms with Crippen molar-refractivity contribution < 1.29 is 14.5 Å². The highest BCUT2D eigenvalue weighted by Crippen LogP contribution is 2.33. The van der Waals surface area contributed by atoms with Gasteiger partial charge in [-0.1, -0.05) is 11.6 Å². The molecule has 0 unspecified atom stereocenters. The van der Waals surface area contributed by atoms with Gasteiger partial charge in [0.05, 0.1) is 21.6 Å². The van der Waals surface area contributed by atoms with Crippen LogP contribution in [0, 0.1) is 10.1 Å². The van der Waals surface area contributed by atoms with Crippen LogP contribution in [0.3, 0.4) is 0 Å². The molecule has 0 fully saturated rings. The molecule has 0 N–H and O–H groups in total. The smallest absolute Gasteiger partial charge is 0.281 e. The summed E-state index contributed by atoms with van der Waals surface area (Å²) in [5, 5.41) is 10.9. The van der Waals surface area contributed by atoms with E-state index < -0.39 is 10.7 Å². The maximum absolute atomic E-state index is 11.3. The molecule has 0 radical (unpaired) electrons. The highest BCUT2D eigenvalue weighted by Gasteiger charge is 2.21. The van der Waals surface area contributed by atoms with Crippen molar-refractivity contribution in [2.24, 2.45) is 0 Å². The van der Waals surface area contributed by atoms with Gasteiger partial charge in [-0.2, -0.15) is 0 Å². The third-order valence-corrected chi connectivity index (χ3v) is 2.28. The van der Waals surface area contributed by atoms with Crippen LogP contribution in [0.15, 0.2) is 12.1 Å². The summed E-state index contributed by atoms with van der Waals surface area (Å²) < 4.78 is 5.36. The topological polar surface area (TPSA) is 69.4 Å². The molecular formula is C11H12ClNO4. The van der Waals surface area contributed by atoms with Crippen molar-refractivity contribution in [3.05, 3.63) is 32.8 Å². The first kappa shape index (κ1) is 13.4. The third-order valence-electron chi connectivity index (χ3n) is 1.99. The van der Waals surface area contributed by atoms with E-state index >= 15 is 0 Å². The van der Waals surface area contributed by atoms with E-state index in [9.17, 15) is 14.9 Å². The summed E-state index contributed by atoms with van der Waals surface area (Å²) in [5.74, 6) is -0.126. The molecule has 0 aromatic heterocycles. The summed E-state index contributed by atoms with van der Waals surface area (Å²) in [7, 11) is 0. The van der Waals surface area contributed by atoms with Crippen molar-refractivity contribution in [3.63, 3.8) is 0 Å². The lowest BCUT2D eigenvalue weighted by molar-refractivity contribution is -0.385. The van der Waals surface area contributed by atoms with Crippen LogP contribution in [0.4, 0.5) is 5.69 Å². The van der Waals surface area contributed by atoms with Gasteiger partial charge in [0.1, 0.15) is 5.75 Å². The molecule has 0 aliphatic carbocycles. The molecule has 17 heavy (non-hydrogen) atoms. The molecule has 0 atom stereocenters. The largest absolute Gasteiger partial charge is 0.489 e. The van der Waals surface area contributed by atoms with Gasteiger partial charge in [-0.15, -0.1) is 0 Å². The minimum Gasteiger partial charge on any atom is -0.489 e. The van der Waals surface area contributed by atoms with Crippen LogP contribution in [0.2, 0.25) is 5.02 Å². The monoisotopic (exact) mass is 257 g/mol. The molecule has 1 aromatic carbocycles. The zero-order valence-corrected chi connectivity index (χ0v) is 10.4. The van der Waals surface area contributed by atoms with Crippen LogP contribution in [-0.4, -0.2) is 16.8 Å². The zero-order valence-electron chi connectivity index (χ0n) is 9.69. The minimum absolute atomic E-state index is 0.00458. The molecule has 0 amide bonds. The summed E-state index contributed by atoms with van der Waals surface area (Å²) >= 11 is 5.85. The molecule has 0 spiro atoms. The molecule has 5 nitrogen and oxygen atoms in total. The number of hydrogen-bond donors (Lipinski definition) is 0. The Hall–Kier alpha value is -1.62. The molecule has 0 saturated heterocycles. The maximum Gasteiger partial charge on any atom is 0.281 e. The van der Waals surface area contributed by atoms with E-state index in [2.05, 4.69) is 0 Å². The Morgan fingerprint density at radius 1 is 1.47 bits per heavy atom. The van der Waals surface area contributed by atoms with Crippen LogP contribution in [-0.2, 0) is 0 Å². The Bertz CT molecular complexity index is 471. The van der Waals surface area contributed by atoms with Crippen LogP contribution in [0.1, 0.15) is 31.1 Å². The van der Waals surface area contributed by atoms with Gasteiger partial charge in [0.25, 0.3) is 5.69 Å². The number of nitro groups is 1. The van der Waals surface area contributed by atoms with Crippen LogP contribution in [0.25, 0.3) is 0 Å². The zero-order chi connectivity index (χ0) is 13.2. The molecule has 0 saturated carbocycles. The normalized spacial score (nSPS) is 10.4. The second-order valence-electron chi connectivity index (χ2n) is 3.78. The van der Waals surface area contributed by atoms with Crippen molar-refractivity contribution >= 4 is 23.1 Å². The van der Waals surface area contributed by atoms with Crippen molar-refractivity contribution in [1.29, 1.82) is 0 Å². The number of rotatable bonds is 4. The fraction of sp³-hybridized carbons (Fsp3) is 0.364. The number of ketones is 1. The molecule has 0 aliphatic heterocycles. The van der Waals surface area contributed by atoms with Gasteiger partial charge in [0.15, 0.2) is 5.78 Å².